The third-order valence-corrected chi connectivity index (χ3v) is 5.69. The molecule has 1 aliphatic heterocycles. The van der Waals surface area contributed by atoms with Crippen LogP contribution in [0, 0.1) is 12.8 Å². The minimum Gasteiger partial charge on any atom is -0.353 e. The van der Waals surface area contributed by atoms with Gasteiger partial charge in [-0.25, -0.2) is 8.42 Å². The zero-order valence-corrected chi connectivity index (χ0v) is 15.6. The molecular formula is C18H28N2O3S. The van der Waals surface area contributed by atoms with Crippen molar-refractivity contribution >= 4 is 15.7 Å². The monoisotopic (exact) mass is 352 g/mol. The van der Waals surface area contributed by atoms with Gasteiger partial charge in [0.25, 0.3) is 0 Å². The van der Waals surface area contributed by atoms with Gasteiger partial charge >= 0.3 is 0 Å². The minimum absolute atomic E-state index is 0.0923. The Morgan fingerprint density at radius 2 is 1.92 bits per heavy atom. The first-order chi connectivity index (χ1) is 11.2. The van der Waals surface area contributed by atoms with Gasteiger partial charge in [-0.3, -0.25) is 9.69 Å². The lowest BCUT2D eigenvalue weighted by Crippen LogP contribution is -2.46. The number of piperidine rings is 1. The molecule has 2 rings (SSSR count). The van der Waals surface area contributed by atoms with E-state index in [1.165, 1.54) is 17.4 Å². The molecule has 1 atom stereocenters. The molecule has 0 aliphatic carbocycles. The zero-order chi connectivity index (χ0) is 17.7. The molecular weight excluding hydrogens is 324 g/mol. The first kappa shape index (κ1) is 18.9. The predicted octanol–water partition coefficient (Wildman–Crippen LogP) is 1.76. The van der Waals surface area contributed by atoms with Crippen LogP contribution in [0.2, 0.25) is 0 Å². The summed E-state index contributed by atoms with van der Waals surface area (Å²) in [6, 6.07) is 8.56. The van der Waals surface area contributed by atoms with E-state index in [4.69, 9.17) is 0 Å². The topological polar surface area (TPSA) is 66.5 Å². The summed E-state index contributed by atoms with van der Waals surface area (Å²) in [6.07, 6.45) is 2.98. The van der Waals surface area contributed by atoms with Gasteiger partial charge in [-0.15, -0.1) is 0 Å². The van der Waals surface area contributed by atoms with E-state index in [9.17, 15) is 13.2 Å². The molecule has 0 bridgehead atoms. The van der Waals surface area contributed by atoms with Crippen molar-refractivity contribution in [2.45, 2.75) is 39.3 Å². The quantitative estimate of drug-likeness (QED) is 0.847. The number of hydrogen-bond donors (Lipinski definition) is 1. The number of carbonyl (C=O) groups is 1. The van der Waals surface area contributed by atoms with Gasteiger partial charge in [0, 0.05) is 37.8 Å². The molecule has 1 heterocycles. The van der Waals surface area contributed by atoms with Gasteiger partial charge in [-0.1, -0.05) is 31.2 Å². The average molecular weight is 353 g/mol. The highest BCUT2D eigenvalue weighted by Gasteiger charge is 2.24. The van der Waals surface area contributed by atoms with Gasteiger partial charge in [0.05, 0.1) is 5.75 Å². The van der Waals surface area contributed by atoms with Crippen molar-refractivity contribution in [2.24, 2.45) is 5.92 Å². The van der Waals surface area contributed by atoms with Crippen LogP contribution in [-0.2, 0) is 21.2 Å². The van der Waals surface area contributed by atoms with Gasteiger partial charge in [-0.05, 0) is 30.9 Å². The molecule has 5 nitrogen and oxygen atoms in total. The summed E-state index contributed by atoms with van der Waals surface area (Å²) in [4.78, 5) is 14.5. The molecule has 1 unspecified atom stereocenters. The summed E-state index contributed by atoms with van der Waals surface area (Å²) in [6.45, 7) is 6.63. The molecule has 0 radical (unpaired) electrons. The zero-order valence-electron chi connectivity index (χ0n) is 14.8. The smallest absolute Gasteiger partial charge is 0.224 e. The maximum Gasteiger partial charge on any atom is 0.224 e. The average Bonchev–Trinajstić information content (AvgIpc) is 2.50. The number of benzene rings is 1. The van der Waals surface area contributed by atoms with Gasteiger partial charge < -0.3 is 5.32 Å². The maximum absolute atomic E-state index is 12.1. The first-order valence-electron chi connectivity index (χ1n) is 8.49. The molecule has 1 aromatic carbocycles. The fourth-order valence-corrected chi connectivity index (χ4v) is 4.20. The van der Waals surface area contributed by atoms with Crippen molar-refractivity contribution in [1.29, 1.82) is 0 Å². The Bertz CT molecular complexity index is 665. The second-order valence-electron chi connectivity index (χ2n) is 6.98. The Morgan fingerprint density at radius 3 is 2.50 bits per heavy atom. The fourth-order valence-electron chi connectivity index (χ4n) is 3.14. The van der Waals surface area contributed by atoms with Gasteiger partial charge in [0.1, 0.15) is 9.84 Å². The number of nitrogens with zero attached hydrogens (tertiary/aromatic N) is 1. The largest absolute Gasteiger partial charge is 0.353 e. The van der Waals surface area contributed by atoms with Crippen molar-refractivity contribution in [3.05, 3.63) is 35.4 Å². The highest BCUT2D eigenvalue weighted by Crippen LogP contribution is 2.16. The predicted molar refractivity (Wildman–Crippen MR) is 96.5 cm³/mol. The molecule has 1 aromatic rings. The molecule has 1 amide bonds. The van der Waals surface area contributed by atoms with E-state index in [1.54, 1.807) is 6.92 Å². The van der Waals surface area contributed by atoms with Crippen LogP contribution in [0.15, 0.2) is 24.3 Å². The number of carbonyl (C=O) groups excluding carboxylic acids is 1. The summed E-state index contributed by atoms with van der Waals surface area (Å²) >= 11 is 0. The molecule has 24 heavy (non-hydrogen) atoms. The van der Waals surface area contributed by atoms with Crippen LogP contribution in [0.25, 0.3) is 0 Å². The van der Waals surface area contributed by atoms with E-state index >= 15 is 0 Å². The number of nitrogens with one attached hydrogen (secondary N) is 1. The molecule has 1 fully saturated rings. The Kier molecular flexibility index (Phi) is 6.40. The summed E-state index contributed by atoms with van der Waals surface area (Å²) in [7, 11) is -3.13. The fraction of sp³-hybridized carbons (Fsp3) is 0.611. The lowest BCUT2D eigenvalue weighted by molar-refractivity contribution is -0.124. The summed E-state index contributed by atoms with van der Waals surface area (Å²) in [5.74, 6) is -0.743. The lowest BCUT2D eigenvalue weighted by atomic mass is 10.0. The minimum atomic E-state index is -3.13. The standard InChI is InChI=1S/C18H28N2O3S/c1-14-6-4-5-7-16(14)12-20-10-8-17(9-11-20)19-18(21)15(2)13-24(3,22)23/h4-7,15,17H,8-13H2,1-3H3,(H,19,21). The van der Waals surface area contributed by atoms with Crippen molar-refractivity contribution in [2.75, 3.05) is 25.1 Å². The van der Waals surface area contributed by atoms with Crippen LogP contribution in [0.4, 0.5) is 0 Å². The number of aryl methyl sites for hydroxylation is 1. The molecule has 134 valence electrons. The number of sulfone groups is 1. The van der Waals surface area contributed by atoms with Crippen molar-refractivity contribution in [3.63, 3.8) is 0 Å². The third kappa shape index (κ3) is 5.91. The van der Waals surface area contributed by atoms with Crippen LogP contribution in [-0.4, -0.2) is 50.4 Å². The van der Waals surface area contributed by atoms with E-state index in [0.717, 1.165) is 32.5 Å². The van der Waals surface area contributed by atoms with E-state index in [-0.39, 0.29) is 17.7 Å². The van der Waals surface area contributed by atoms with Crippen LogP contribution >= 0.6 is 0 Å². The van der Waals surface area contributed by atoms with E-state index in [2.05, 4.69) is 41.4 Å². The number of likely N-dealkylation sites (tertiary alicyclic amines) is 1. The van der Waals surface area contributed by atoms with Gasteiger partial charge in [0.15, 0.2) is 0 Å². The molecule has 0 spiro atoms. The van der Waals surface area contributed by atoms with Gasteiger partial charge in [0.2, 0.25) is 5.91 Å². The Balaban J connectivity index is 1.78. The van der Waals surface area contributed by atoms with Crippen LogP contribution in [0.5, 0.6) is 0 Å². The summed E-state index contributed by atoms with van der Waals surface area (Å²) in [5, 5.41) is 3.01. The SMILES string of the molecule is Cc1ccccc1CN1CCC(NC(=O)C(C)CS(C)(=O)=O)CC1. The Morgan fingerprint density at radius 1 is 1.29 bits per heavy atom. The normalized spacial score (nSPS) is 18.3. The van der Waals surface area contributed by atoms with Crippen LogP contribution in [0.1, 0.15) is 30.9 Å². The van der Waals surface area contributed by atoms with Crippen LogP contribution < -0.4 is 5.32 Å². The van der Waals surface area contributed by atoms with Crippen molar-refractivity contribution in [1.82, 2.24) is 10.2 Å². The third-order valence-electron chi connectivity index (χ3n) is 4.59. The molecule has 0 aromatic heterocycles. The Labute approximate surface area is 145 Å². The van der Waals surface area contributed by atoms with Crippen molar-refractivity contribution in [3.8, 4) is 0 Å². The Hall–Kier alpha value is -1.40. The molecule has 6 heteroatoms. The molecule has 1 N–H and O–H groups in total. The maximum atomic E-state index is 12.1. The highest BCUT2D eigenvalue weighted by molar-refractivity contribution is 7.90. The van der Waals surface area contributed by atoms with E-state index in [1.807, 2.05) is 0 Å². The molecule has 1 aliphatic rings. The number of rotatable bonds is 6. The van der Waals surface area contributed by atoms with Crippen molar-refractivity contribution < 1.29 is 13.2 Å². The summed E-state index contributed by atoms with van der Waals surface area (Å²) in [5.41, 5.74) is 2.66. The lowest BCUT2D eigenvalue weighted by Gasteiger charge is -2.33. The number of hydrogen-bond acceptors (Lipinski definition) is 4. The van der Waals surface area contributed by atoms with Crippen LogP contribution in [0.3, 0.4) is 0 Å². The number of amides is 1. The second kappa shape index (κ2) is 8.12. The van der Waals surface area contributed by atoms with E-state index in [0.29, 0.717) is 0 Å². The van der Waals surface area contributed by atoms with Gasteiger partial charge in [-0.2, -0.15) is 0 Å². The second-order valence-corrected chi connectivity index (χ2v) is 9.16. The molecule has 1 saturated heterocycles. The molecule has 0 saturated carbocycles. The highest BCUT2D eigenvalue weighted by atomic mass is 32.2. The first-order valence-corrected chi connectivity index (χ1v) is 10.6. The summed E-state index contributed by atoms with van der Waals surface area (Å²) < 4.78 is 22.6. The van der Waals surface area contributed by atoms with E-state index < -0.39 is 15.8 Å².